The highest BCUT2D eigenvalue weighted by Crippen LogP contribution is 2.51. The van der Waals surface area contributed by atoms with Crippen LogP contribution in [0.15, 0.2) is 48.5 Å². The Hall–Kier alpha value is -2.08. The van der Waals surface area contributed by atoms with Gasteiger partial charge in [-0.05, 0) is 41.8 Å². The molecule has 0 bridgehead atoms. The fourth-order valence-electron chi connectivity index (χ4n) is 4.70. The summed E-state index contributed by atoms with van der Waals surface area (Å²) in [6, 6.07) is 15.1. The molecule has 1 aliphatic heterocycles. The van der Waals surface area contributed by atoms with E-state index in [1.54, 1.807) is 0 Å². The van der Waals surface area contributed by atoms with Crippen molar-refractivity contribution >= 4 is 35.1 Å². The van der Waals surface area contributed by atoms with E-state index >= 15 is 0 Å². The molecule has 0 aliphatic carbocycles. The van der Waals surface area contributed by atoms with Crippen molar-refractivity contribution in [2.75, 3.05) is 20.2 Å². The van der Waals surface area contributed by atoms with Gasteiger partial charge in [-0.1, -0.05) is 68.2 Å². The van der Waals surface area contributed by atoms with Gasteiger partial charge in [0, 0.05) is 29.1 Å². The Labute approximate surface area is 200 Å². The van der Waals surface area contributed by atoms with Gasteiger partial charge in [0.15, 0.2) is 0 Å². The second-order valence-corrected chi connectivity index (χ2v) is 9.34. The lowest BCUT2D eigenvalue weighted by atomic mass is 9.68. The van der Waals surface area contributed by atoms with Crippen molar-refractivity contribution in [2.45, 2.75) is 45.6 Å². The predicted molar refractivity (Wildman–Crippen MR) is 128 cm³/mol. The van der Waals surface area contributed by atoms with Crippen LogP contribution in [0.2, 0.25) is 10.0 Å². The molecule has 1 aliphatic rings. The van der Waals surface area contributed by atoms with Gasteiger partial charge in [-0.15, -0.1) is 0 Å². The summed E-state index contributed by atoms with van der Waals surface area (Å²) in [7, 11) is 1.35. The Morgan fingerprint density at radius 3 is 2.31 bits per heavy atom. The number of rotatable bonds is 7. The number of esters is 1. The zero-order valence-electron chi connectivity index (χ0n) is 19.0. The number of nitrogens with zero attached hydrogens (tertiary/aromatic N) is 2. The van der Waals surface area contributed by atoms with E-state index in [0.717, 1.165) is 11.1 Å². The van der Waals surface area contributed by atoms with Crippen molar-refractivity contribution < 1.29 is 14.3 Å². The highest BCUT2D eigenvalue weighted by Gasteiger charge is 2.52. The van der Waals surface area contributed by atoms with Crippen molar-refractivity contribution in [3.63, 3.8) is 0 Å². The number of benzene rings is 2. The standard InChI is InChI=1S/C25H30Cl2N2O3/c1-5-28(6-2)29-23(17-10-12-19(26)13-11-17)21(18-8-7-9-20(27)14-18)15-25(3,24(29)31)16-22(30)32-4/h7-14,21,23H,5-6,15-16H2,1-4H3/t21-,23-,25+/m1/s1. The molecule has 5 nitrogen and oxygen atoms in total. The predicted octanol–water partition coefficient (Wildman–Crippen LogP) is 5.88. The molecular formula is C25H30Cl2N2O3. The molecule has 2 aromatic rings. The molecule has 0 N–H and O–H groups in total. The highest BCUT2D eigenvalue weighted by molar-refractivity contribution is 6.30. The van der Waals surface area contributed by atoms with E-state index in [1.165, 1.54) is 7.11 Å². The van der Waals surface area contributed by atoms with E-state index in [-0.39, 0.29) is 24.3 Å². The molecule has 1 fully saturated rings. The normalized spacial score (nSPS) is 23.5. The number of ether oxygens (including phenoxy) is 1. The SMILES string of the molecule is CCN(CC)N1C(=O)[C@](C)(CC(=O)OC)C[C@H](c2cccc(Cl)c2)[C@H]1c1ccc(Cl)cc1. The zero-order valence-corrected chi connectivity index (χ0v) is 20.5. The Morgan fingerprint density at radius 2 is 1.75 bits per heavy atom. The lowest BCUT2D eigenvalue weighted by molar-refractivity contribution is -0.181. The Bertz CT molecular complexity index is 962. The van der Waals surface area contributed by atoms with Crippen molar-refractivity contribution in [1.29, 1.82) is 0 Å². The number of carbonyl (C=O) groups excluding carboxylic acids is 2. The molecule has 0 saturated carbocycles. The molecule has 2 aromatic carbocycles. The van der Waals surface area contributed by atoms with Crippen LogP contribution >= 0.6 is 23.2 Å². The van der Waals surface area contributed by atoms with Crippen LogP contribution in [0.4, 0.5) is 0 Å². The smallest absolute Gasteiger partial charge is 0.306 e. The minimum Gasteiger partial charge on any atom is -0.469 e. The molecule has 1 saturated heterocycles. The van der Waals surface area contributed by atoms with Crippen molar-refractivity contribution in [3.05, 3.63) is 69.7 Å². The molecule has 0 spiro atoms. The van der Waals surface area contributed by atoms with Crippen LogP contribution in [-0.2, 0) is 14.3 Å². The summed E-state index contributed by atoms with van der Waals surface area (Å²) in [6.45, 7) is 7.22. The first-order chi connectivity index (χ1) is 15.2. The summed E-state index contributed by atoms with van der Waals surface area (Å²) >= 11 is 12.5. The van der Waals surface area contributed by atoms with E-state index in [2.05, 4.69) is 0 Å². The summed E-state index contributed by atoms with van der Waals surface area (Å²) in [5, 5.41) is 5.16. The number of halogens is 2. The minimum absolute atomic E-state index is 0.0184. The lowest BCUT2D eigenvalue weighted by Crippen LogP contribution is -2.59. The van der Waals surface area contributed by atoms with E-state index < -0.39 is 11.4 Å². The average Bonchev–Trinajstić information content (AvgIpc) is 2.78. The quantitative estimate of drug-likeness (QED) is 0.468. The van der Waals surface area contributed by atoms with Crippen LogP contribution in [0.25, 0.3) is 0 Å². The summed E-state index contributed by atoms with van der Waals surface area (Å²) in [5.74, 6) is -0.553. The monoisotopic (exact) mass is 476 g/mol. The average molecular weight is 477 g/mol. The molecule has 7 heteroatoms. The first-order valence-corrected chi connectivity index (χ1v) is 11.7. The maximum Gasteiger partial charge on any atom is 0.306 e. The van der Waals surface area contributed by atoms with Gasteiger partial charge >= 0.3 is 5.97 Å². The number of amides is 1. The molecule has 1 heterocycles. The second kappa shape index (κ2) is 10.2. The molecule has 0 radical (unpaired) electrons. The van der Waals surface area contributed by atoms with E-state index in [4.69, 9.17) is 27.9 Å². The Morgan fingerprint density at radius 1 is 1.09 bits per heavy atom. The fourth-order valence-corrected chi connectivity index (χ4v) is 5.02. The maximum absolute atomic E-state index is 14.0. The van der Waals surface area contributed by atoms with Gasteiger partial charge in [0.1, 0.15) is 0 Å². The number of hydrazine groups is 1. The summed E-state index contributed by atoms with van der Waals surface area (Å²) in [5.41, 5.74) is 1.10. The molecule has 3 atom stereocenters. The number of hydrogen-bond donors (Lipinski definition) is 0. The zero-order chi connectivity index (χ0) is 23.5. The highest BCUT2D eigenvalue weighted by atomic mass is 35.5. The minimum atomic E-state index is -0.911. The molecule has 1 amide bonds. The maximum atomic E-state index is 14.0. The Kier molecular flexibility index (Phi) is 7.86. The third-order valence-corrected chi connectivity index (χ3v) is 6.81. The van der Waals surface area contributed by atoms with Crippen LogP contribution in [-0.4, -0.2) is 42.1 Å². The van der Waals surface area contributed by atoms with E-state index in [9.17, 15) is 9.59 Å². The molecule has 0 aromatic heterocycles. The molecule has 0 unspecified atom stereocenters. The summed E-state index contributed by atoms with van der Waals surface area (Å²) < 4.78 is 4.94. The van der Waals surface area contributed by atoms with Crippen LogP contribution in [0.1, 0.15) is 56.7 Å². The third-order valence-electron chi connectivity index (χ3n) is 6.32. The topological polar surface area (TPSA) is 49.9 Å². The van der Waals surface area contributed by atoms with Gasteiger partial charge in [0.25, 0.3) is 0 Å². The molecule has 32 heavy (non-hydrogen) atoms. The van der Waals surface area contributed by atoms with E-state index in [0.29, 0.717) is 29.6 Å². The van der Waals surface area contributed by atoms with Crippen LogP contribution in [0.5, 0.6) is 0 Å². The van der Waals surface area contributed by atoms with E-state index in [1.807, 2.05) is 79.3 Å². The fraction of sp³-hybridized carbons (Fsp3) is 0.440. The van der Waals surface area contributed by atoms with Gasteiger partial charge < -0.3 is 4.74 Å². The lowest BCUT2D eigenvalue weighted by Gasteiger charge is -2.52. The summed E-state index contributed by atoms with van der Waals surface area (Å²) in [6.07, 6.45) is 0.511. The van der Waals surface area contributed by atoms with Gasteiger partial charge in [-0.25, -0.2) is 5.01 Å². The van der Waals surface area contributed by atoms with Crippen molar-refractivity contribution in [3.8, 4) is 0 Å². The van der Waals surface area contributed by atoms with Crippen molar-refractivity contribution in [2.24, 2.45) is 5.41 Å². The first-order valence-electron chi connectivity index (χ1n) is 10.9. The number of methoxy groups -OCH3 is 1. The van der Waals surface area contributed by atoms with Gasteiger partial charge in [-0.3, -0.25) is 14.6 Å². The van der Waals surface area contributed by atoms with Gasteiger partial charge in [0.05, 0.1) is 25.0 Å². The second-order valence-electron chi connectivity index (χ2n) is 8.46. The largest absolute Gasteiger partial charge is 0.469 e. The number of piperidine rings is 1. The third kappa shape index (κ3) is 4.95. The van der Waals surface area contributed by atoms with Crippen molar-refractivity contribution in [1.82, 2.24) is 10.0 Å². The van der Waals surface area contributed by atoms with Crippen LogP contribution in [0.3, 0.4) is 0 Å². The number of carbonyl (C=O) groups is 2. The summed E-state index contributed by atoms with van der Waals surface area (Å²) in [4.78, 5) is 26.3. The van der Waals surface area contributed by atoms with Crippen LogP contribution < -0.4 is 0 Å². The molecule has 3 rings (SSSR count). The molecule has 172 valence electrons. The number of hydrogen-bond acceptors (Lipinski definition) is 4. The Balaban J connectivity index is 2.21. The first kappa shape index (κ1) is 24.6. The molecular weight excluding hydrogens is 447 g/mol. The van der Waals surface area contributed by atoms with Gasteiger partial charge in [-0.2, -0.15) is 0 Å². The van der Waals surface area contributed by atoms with Gasteiger partial charge in [0.2, 0.25) is 5.91 Å². The van der Waals surface area contributed by atoms with Crippen LogP contribution in [0, 0.1) is 5.41 Å².